The third-order valence-electron chi connectivity index (χ3n) is 5.79. The number of carbonyl (C=O) groups excluding carboxylic acids is 1. The maximum absolute atomic E-state index is 13.5. The van der Waals surface area contributed by atoms with Crippen LogP contribution < -0.4 is 15.0 Å². The average molecular weight is 490 g/mol. The highest BCUT2D eigenvalue weighted by Crippen LogP contribution is 2.30. The number of aromatic nitrogens is 2. The number of methoxy groups -OCH3 is 2. The molecule has 0 bridgehead atoms. The number of rotatable bonds is 8. The molecule has 0 unspecified atom stereocenters. The number of hydrogen-bond acceptors (Lipinski definition) is 6. The number of hydrogen-bond donors (Lipinski definition) is 0. The smallest absolute Gasteiger partial charge is 0.266 e. The van der Waals surface area contributed by atoms with E-state index in [9.17, 15) is 9.59 Å². The molecule has 0 N–H and O–H groups in total. The quantitative estimate of drug-likeness (QED) is 0.269. The molecule has 0 radical (unpaired) electrons. The van der Waals surface area contributed by atoms with Crippen LogP contribution in [0.4, 0.5) is 0 Å². The Balaban J connectivity index is 1.67. The number of amides is 1. The van der Waals surface area contributed by atoms with Gasteiger partial charge in [0.1, 0.15) is 0 Å². The summed E-state index contributed by atoms with van der Waals surface area (Å²) >= 11 is 1.23. The van der Waals surface area contributed by atoms with Crippen LogP contribution in [0.5, 0.6) is 11.5 Å². The summed E-state index contributed by atoms with van der Waals surface area (Å²) < 4.78 is 12.3. The second kappa shape index (κ2) is 10.7. The van der Waals surface area contributed by atoms with Crippen molar-refractivity contribution in [3.05, 3.63) is 88.2 Å². The topological polar surface area (TPSA) is 73.7 Å². The van der Waals surface area contributed by atoms with Crippen LogP contribution in [0.25, 0.3) is 16.6 Å². The molecule has 35 heavy (non-hydrogen) atoms. The molecule has 0 atom stereocenters. The van der Waals surface area contributed by atoms with Gasteiger partial charge in [-0.2, -0.15) is 0 Å². The van der Waals surface area contributed by atoms with Crippen LogP contribution in [-0.2, 0) is 11.3 Å². The number of aryl methyl sites for hydroxylation is 1. The van der Waals surface area contributed by atoms with Gasteiger partial charge in [0.25, 0.3) is 5.56 Å². The summed E-state index contributed by atoms with van der Waals surface area (Å²) in [4.78, 5) is 32.9. The summed E-state index contributed by atoms with van der Waals surface area (Å²) in [6.07, 6.45) is 0. The SMILES string of the molecule is COc1ccc(-n2c(SCC(=O)N(C)Cc3ccccc3C)nc3ccccc3c2=O)cc1OC. The summed E-state index contributed by atoms with van der Waals surface area (Å²) in [5.74, 6) is 1.13. The van der Waals surface area contributed by atoms with Gasteiger partial charge in [0, 0.05) is 19.7 Å². The number of fused-ring (bicyclic) bond motifs is 1. The first-order valence-electron chi connectivity index (χ1n) is 11.1. The Labute approximate surface area is 208 Å². The van der Waals surface area contributed by atoms with Crippen molar-refractivity contribution in [1.29, 1.82) is 0 Å². The van der Waals surface area contributed by atoms with E-state index in [1.807, 2.05) is 37.3 Å². The summed E-state index contributed by atoms with van der Waals surface area (Å²) in [5.41, 5.74) is 3.18. The molecule has 0 spiro atoms. The number of nitrogens with zero attached hydrogens (tertiary/aromatic N) is 3. The van der Waals surface area contributed by atoms with Gasteiger partial charge in [-0.1, -0.05) is 48.2 Å². The molecule has 0 fully saturated rings. The molecule has 0 aliphatic rings. The fourth-order valence-electron chi connectivity index (χ4n) is 3.77. The molecule has 4 rings (SSSR count). The fraction of sp³-hybridized carbons (Fsp3) is 0.222. The number of benzene rings is 3. The molecule has 180 valence electrons. The molecule has 1 heterocycles. The van der Waals surface area contributed by atoms with Gasteiger partial charge < -0.3 is 14.4 Å². The molecule has 0 aliphatic carbocycles. The van der Waals surface area contributed by atoms with Crippen molar-refractivity contribution in [3.8, 4) is 17.2 Å². The van der Waals surface area contributed by atoms with Crippen molar-refractivity contribution in [2.24, 2.45) is 0 Å². The van der Waals surface area contributed by atoms with Gasteiger partial charge in [0.2, 0.25) is 5.91 Å². The van der Waals surface area contributed by atoms with Crippen molar-refractivity contribution in [1.82, 2.24) is 14.5 Å². The molecule has 4 aromatic rings. The molecule has 0 saturated carbocycles. The van der Waals surface area contributed by atoms with E-state index in [2.05, 4.69) is 0 Å². The van der Waals surface area contributed by atoms with E-state index in [1.54, 1.807) is 62.6 Å². The predicted molar refractivity (Wildman–Crippen MR) is 139 cm³/mol. The molecule has 3 aromatic carbocycles. The van der Waals surface area contributed by atoms with Crippen molar-refractivity contribution in [2.75, 3.05) is 27.0 Å². The molecule has 1 aromatic heterocycles. The first kappa shape index (κ1) is 24.3. The van der Waals surface area contributed by atoms with E-state index in [1.165, 1.54) is 16.3 Å². The molecule has 0 saturated heterocycles. The Morgan fingerprint density at radius 3 is 2.46 bits per heavy atom. The third-order valence-corrected chi connectivity index (χ3v) is 6.71. The minimum Gasteiger partial charge on any atom is -0.493 e. The van der Waals surface area contributed by atoms with Crippen molar-refractivity contribution in [2.45, 2.75) is 18.6 Å². The van der Waals surface area contributed by atoms with Gasteiger partial charge >= 0.3 is 0 Å². The van der Waals surface area contributed by atoms with Crippen LogP contribution in [0.2, 0.25) is 0 Å². The minimum atomic E-state index is -0.217. The normalized spacial score (nSPS) is 10.9. The summed E-state index contributed by atoms with van der Waals surface area (Å²) in [6, 6.07) is 20.4. The molecule has 7 nitrogen and oxygen atoms in total. The summed E-state index contributed by atoms with van der Waals surface area (Å²) in [6.45, 7) is 2.54. The van der Waals surface area contributed by atoms with Crippen molar-refractivity contribution < 1.29 is 14.3 Å². The van der Waals surface area contributed by atoms with Gasteiger partial charge in [-0.3, -0.25) is 14.2 Å². The molecule has 8 heteroatoms. The van der Waals surface area contributed by atoms with Gasteiger partial charge in [0.15, 0.2) is 16.7 Å². The first-order valence-corrected chi connectivity index (χ1v) is 12.1. The monoisotopic (exact) mass is 489 g/mol. The Kier molecular flexibility index (Phi) is 7.41. The van der Waals surface area contributed by atoms with E-state index in [-0.39, 0.29) is 17.2 Å². The van der Waals surface area contributed by atoms with Crippen LogP contribution >= 0.6 is 11.8 Å². The first-order chi connectivity index (χ1) is 16.9. The van der Waals surface area contributed by atoms with Gasteiger partial charge in [0.05, 0.1) is 36.6 Å². The van der Waals surface area contributed by atoms with Crippen LogP contribution in [0, 0.1) is 6.92 Å². The number of para-hydroxylation sites is 1. The Hall–Kier alpha value is -3.78. The molecule has 0 aliphatic heterocycles. The maximum Gasteiger partial charge on any atom is 0.266 e. The highest BCUT2D eigenvalue weighted by Gasteiger charge is 2.18. The molecular formula is C27H27N3O4S. The Morgan fingerprint density at radius 2 is 1.71 bits per heavy atom. The van der Waals surface area contributed by atoms with Crippen molar-refractivity contribution in [3.63, 3.8) is 0 Å². The predicted octanol–water partition coefficient (Wildman–Crippen LogP) is 4.46. The Morgan fingerprint density at radius 1 is 1.00 bits per heavy atom. The van der Waals surface area contributed by atoms with Crippen LogP contribution in [-0.4, -0.2) is 47.4 Å². The average Bonchev–Trinajstić information content (AvgIpc) is 2.88. The third kappa shape index (κ3) is 5.17. The Bertz CT molecular complexity index is 1430. The zero-order valence-corrected chi connectivity index (χ0v) is 21.0. The van der Waals surface area contributed by atoms with E-state index < -0.39 is 0 Å². The lowest BCUT2D eigenvalue weighted by Crippen LogP contribution is -2.29. The van der Waals surface area contributed by atoms with E-state index in [0.29, 0.717) is 39.8 Å². The highest BCUT2D eigenvalue weighted by atomic mass is 32.2. The van der Waals surface area contributed by atoms with E-state index >= 15 is 0 Å². The lowest BCUT2D eigenvalue weighted by molar-refractivity contribution is -0.127. The second-order valence-electron chi connectivity index (χ2n) is 8.06. The largest absolute Gasteiger partial charge is 0.493 e. The summed E-state index contributed by atoms with van der Waals surface area (Å²) in [7, 11) is 4.88. The number of carbonyl (C=O) groups is 1. The van der Waals surface area contributed by atoms with Crippen LogP contribution in [0.15, 0.2) is 76.7 Å². The lowest BCUT2D eigenvalue weighted by atomic mass is 10.1. The van der Waals surface area contributed by atoms with Crippen molar-refractivity contribution >= 4 is 28.6 Å². The fourth-order valence-corrected chi connectivity index (χ4v) is 4.72. The number of thioether (sulfide) groups is 1. The zero-order chi connectivity index (χ0) is 24.9. The molecular weight excluding hydrogens is 462 g/mol. The minimum absolute atomic E-state index is 0.0560. The highest BCUT2D eigenvalue weighted by molar-refractivity contribution is 7.99. The van der Waals surface area contributed by atoms with Crippen LogP contribution in [0.1, 0.15) is 11.1 Å². The standard InChI is InChI=1S/C27H27N3O4S/c1-18-9-5-6-10-19(18)16-29(2)25(31)17-35-27-28-22-12-8-7-11-21(22)26(32)30(27)20-13-14-23(33-3)24(15-20)34-4/h5-15H,16-17H2,1-4H3. The van der Waals surface area contributed by atoms with Gasteiger partial charge in [-0.05, 0) is 42.3 Å². The number of ether oxygens (including phenoxy) is 2. The zero-order valence-electron chi connectivity index (χ0n) is 20.1. The molecule has 1 amide bonds. The van der Waals surface area contributed by atoms with Gasteiger partial charge in [-0.15, -0.1) is 0 Å². The maximum atomic E-state index is 13.5. The summed E-state index contributed by atoms with van der Waals surface area (Å²) in [5, 5.41) is 0.924. The van der Waals surface area contributed by atoms with Gasteiger partial charge in [-0.25, -0.2) is 4.98 Å². The second-order valence-corrected chi connectivity index (χ2v) is 9.00. The van der Waals surface area contributed by atoms with E-state index in [0.717, 1.165) is 11.1 Å². The van der Waals surface area contributed by atoms with Crippen LogP contribution in [0.3, 0.4) is 0 Å². The lowest BCUT2D eigenvalue weighted by Gasteiger charge is -2.19. The van der Waals surface area contributed by atoms with E-state index in [4.69, 9.17) is 14.5 Å².